The molecule has 0 saturated heterocycles. The van der Waals surface area contributed by atoms with E-state index >= 15 is 0 Å². The second-order valence-electron chi connectivity index (χ2n) is 7.33. The van der Waals surface area contributed by atoms with Gasteiger partial charge in [0.25, 0.3) is 0 Å². The summed E-state index contributed by atoms with van der Waals surface area (Å²) >= 11 is 1.56. The van der Waals surface area contributed by atoms with Crippen molar-refractivity contribution in [1.82, 2.24) is 20.2 Å². The monoisotopic (exact) mass is 398 g/mol. The van der Waals surface area contributed by atoms with E-state index in [9.17, 15) is 9.59 Å². The van der Waals surface area contributed by atoms with E-state index in [1.165, 1.54) is 0 Å². The number of rotatable bonds is 7. The van der Waals surface area contributed by atoms with Gasteiger partial charge in [-0.25, -0.2) is 4.98 Å². The molecule has 1 aromatic carbocycles. The summed E-state index contributed by atoms with van der Waals surface area (Å²) in [5.74, 6) is -0.439. The number of aryl methyl sites for hydroxylation is 1. The predicted octanol–water partition coefficient (Wildman–Crippen LogP) is 3.27. The van der Waals surface area contributed by atoms with Gasteiger partial charge in [-0.1, -0.05) is 32.0 Å². The summed E-state index contributed by atoms with van der Waals surface area (Å²) in [6.07, 6.45) is 2.35. The summed E-state index contributed by atoms with van der Waals surface area (Å²) in [5, 5.41) is 6.93. The van der Waals surface area contributed by atoms with Crippen molar-refractivity contribution < 1.29 is 9.59 Å². The minimum atomic E-state index is -0.626. The van der Waals surface area contributed by atoms with Crippen LogP contribution in [0, 0.1) is 12.8 Å². The molecular formula is C21H26N4O2S. The zero-order valence-electron chi connectivity index (χ0n) is 16.7. The third-order valence-corrected chi connectivity index (χ3v) is 5.50. The molecule has 7 heteroatoms. The van der Waals surface area contributed by atoms with E-state index < -0.39 is 6.04 Å². The number of hydrogen-bond donors (Lipinski definition) is 2. The Labute approximate surface area is 169 Å². The van der Waals surface area contributed by atoms with Gasteiger partial charge in [0, 0.05) is 41.9 Å². The van der Waals surface area contributed by atoms with Gasteiger partial charge in [-0.05, 0) is 18.6 Å². The van der Waals surface area contributed by atoms with Crippen molar-refractivity contribution in [3.05, 3.63) is 52.1 Å². The SMILES string of the molecule is Cc1nc(CN(C)C(=O)C(Cc2c[nH]c3ccccc23)NC(=O)C(C)C)cs1. The minimum Gasteiger partial charge on any atom is -0.361 e. The number of carbonyl (C=O) groups is 2. The predicted molar refractivity (Wildman–Crippen MR) is 112 cm³/mol. The number of carbonyl (C=O) groups excluding carboxylic acids is 2. The molecule has 0 bridgehead atoms. The highest BCUT2D eigenvalue weighted by atomic mass is 32.1. The molecule has 2 N–H and O–H groups in total. The molecule has 0 fully saturated rings. The van der Waals surface area contributed by atoms with Crippen LogP contribution in [0.1, 0.15) is 30.1 Å². The van der Waals surface area contributed by atoms with Gasteiger partial charge in [-0.2, -0.15) is 0 Å². The van der Waals surface area contributed by atoms with Crippen molar-refractivity contribution in [2.24, 2.45) is 5.92 Å². The van der Waals surface area contributed by atoms with Gasteiger partial charge in [0.05, 0.1) is 17.2 Å². The Morgan fingerprint density at radius 3 is 2.71 bits per heavy atom. The average Bonchev–Trinajstić information content (AvgIpc) is 3.26. The van der Waals surface area contributed by atoms with Crippen molar-refractivity contribution in [3.63, 3.8) is 0 Å². The molecule has 0 saturated carbocycles. The van der Waals surface area contributed by atoms with Crippen molar-refractivity contribution >= 4 is 34.1 Å². The van der Waals surface area contributed by atoms with Crippen LogP contribution in [0.2, 0.25) is 0 Å². The number of nitrogens with zero attached hydrogens (tertiary/aromatic N) is 2. The minimum absolute atomic E-state index is 0.120. The lowest BCUT2D eigenvalue weighted by molar-refractivity contribution is -0.136. The van der Waals surface area contributed by atoms with E-state index in [1.54, 1.807) is 23.3 Å². The third-order valence-electron chi connectivity index (χ3n) is 4.68. The van der Waals surface area contributed by atoms with Crippen LogP contribution in [0.4, 0.5) is 0 Å². The first-order chi connectivity index (χ1) is 13.3. The molecule has 0 aliphatic rings. The lowest BCUT2D eigenvalue weighted by Crippen LogP contribution is -2.49. The molecule has 28 heavy (non-hydrogen) atoms. The standard InChI is InChI=1S/C21H26N4O2S/c1-13(2)20(26)24-19(9-15-10-22-18-8-6-5-7-17(15)18)21(27)25(4)11-16-12-28-14(3)23-16/h5-8,10,12-13,19,22H,9,11H2,1-4H3,(H,24,26). The van der Waals surface area contributed by atoms with Gasteiger partial charge in [-0.15, -0.1) is 11.3 Å². The second-order valence-corrected chi connectivity index (χ2v) is 8.39. The van der Waals surface area contributed by atoms with Crippen molar-refractivity contribution in [1.29, 1.82) is 0 Å². The van der Waals surface area contributed by atoms with E-state index in [4.69, 9.17) is 0 Å². The number of likely N-dealkylation sites (N-methyl/N-ethyl adjacent to an activating group) is 1. The lowest BCUT2D eigenvalue weighted by atomic mass is 10.0. The number of fused-ring (bicyclic) bond motifs is 1. The molecule has 148 valence electrons. The Hall–Kier alpha value is -2.67. The zero-order chi connectivity index (χ0) is 20.3. The van der Waals surface area contributed by atoms with Gasteiger partial charge >= 0.3 is 0 Å². The Bertz CT molecular complexity index is 976. The Balaban J connectivity index is 1.81. The molecule has 2 aromatic heterocycles. The first kappa shape index (κ1) is 20.1. The molecule has 0 radical (unpaired) electrons. The van der Waals surface area contributed by atoms with Gasteiger partial charge < -0.3 is 15.2 Å². The summed E-state index contributed by atoms with van der Waals surface area (Å²) in [7, 11) is 1.75. The summed E-state index contributed by atoms with van der Waals surface area (Å²) in [4.78, 5) is 34.8. The fourth-order valence-electron chi connectivity index (χ4n) is 3.13. The highest BCUT2D eigenvalue weighted by Crippen LogP contribution is 2.20. The number of aromatic amines is 1. The summed E-state index contributed by atoms with van der Waals surface area (Å²) < 4.78 is 0. The number of hydrogen-bond acceptors (Lipinski definition) is 4. The molecular weight excluding hydrogens is 372 g/mol. The Kier molecular flexibility index (Phi) is 6.14. The molecule has 0 spiro atoms. The van der Waals surface area contributed by atoms with E-state index in [0.717, 1.165) is 27.2 Å². The van der Waals surface area contributed by atoms with Gasteiger partial charge in [0.1, 0.15) is 6.04 Å². The number of thiazole rings is 1. The smallest absolute Gasteiger partial charge is 0.245 e. The number of benzene rings is 1. The maximum Gasteiger partial charge on any atom is 0.245 e. The first-order valence-electron chi connectivity index (χ1n) is 9.36. The van der Waals surface area contributed by atoms with Gasteiger partial charge in [0.2, 0.25) is 11.8 Å². The quantitative estimate of drug-likeness (QED) is 0.641. The van der Waals surface area contributed by atoms with Crippen LogP contribution in [0.25, 0.3) is 10.9 Å². The number of aromatic nitrogens is 2. The maximum absolute atomic E-state index is 13.2. The largest absolute Gasteiger partial charge is 0.361 e. The van der Waals surface area contributed by atoms with Crippen LogP contribution >= 0.6 is 11.3 Å². The normalized spacial score (nSPS) is 12.3. The Morgan fingerprint density at radius 1 is 1.29 bits per heavy atom. The molecule has 0 aliphatic carbocycles. The highest BCUT2D eigenvalue weighted by molar-refractivity contribution is 7.09. The van der Waals surface area contributed by atoms with E-state index in [-0.39, 0.29) is 17.7 Å². The molecule has 6 nitrogen and oxygen atoms in total. The Morgan fingerprint density at radius 2 is 2.04 bits per heavy atom. The van der Waals surface area contributed by atoms with Crippen molar-refractivity contribution in [2.75, 3.05) is 7.05 Å². The zero-order valence-corrected chi connectivity index (χ0v) is 17.5. The van der Waals surface area contributed by atoms with E-state index in [0.29, 0.717) is 13.0 Å². The van der Waals surface area contributed by atoms with Crippen molar-refractivity contribution in [2.45, 2.75) is 39.8 Å². The molecule has 2 amide bonds. The summed E-state index contributed by atoms with van der Waals surface area (Å²) in [6, 6.07) is 7.34. The number of H-pyrrole nitrogens is 1. The third kappa shape index (κ3) is 4.59. The summed E-state index contributed by atoms with van der Waals surface area (Å²) in [5.41, 5.74) is 2.89. The van der Waals surface area contributed by atoms with Crippen LogP contribution in [0.5, 0.6) is 0 Å². The van der Waals surface area contributed by atoms with Crippen LogP contribution in [-0.2, 0) is 22.6 Å². The highest BCUT2D eigenvalue weighted by Gasteiger charge is 2.26. The summed E-state index contributed by atoms with van der Waals surface area (Å²) in [6.45, 7) is 6.01. The number of para-hydroxylation sites is 1. The van der Waals surface area contributed by atoms with Crippen LogP contribution in [0.15, 0.2) is 35.8 Å². The van der Waals surface area contributed by atoms with Crippen LogP contribution < -0.4 is 5.32 Å². The van der Waals surface area contributed by atoms with Crippen molar-refractivity contribution in [3.8, 4) is 0 Å². The lowest BCUT2D eigenvalue weighted by Gasteiger charge is -2.25. The molecule has 3 aromatic rings. The van der Waals surface area contributed by atoms with E-state index in [2.05, 4.69) is 15.3 Å². The maximum atomic E-state index is 13.2. The molecule has 0 aliphatic heterocycles. The molecule has 1 atom stereocenters. The topological polar surface area (TPSA) is 78.1 Å². The average molecular weight is 399 g/mol. The molecule has 3 rings (SSSR count). The van der Waals surface area contributed by atoms with E-state index in [1.807, 2.05) is 56.6 Å². The van der Waals surface area contributed by atoms with Gasteiger partial charge in [0.15, 0.2) is 0 Å². The van der Waals surface area contributed by atoms with Crippen LogP contribution in [0.3, 0.4) is 0 Å². The fourth-order valence-corrected chi connectivity index (χ4v) is 3.73. The number of amides is 2. The first-order valence-corrected chi connectivity index (χ1v) is 10.2. The molecule has 2 heterocycles. The molecule has 1 unspecified atom stereocenters. The second kappa shape index (κ2) is 8.56. The number of nitrogens with one attached hydrogen (secondary N) is 2. The van der Waals surface area contributed by atoms with Crippen LogP contribution in [-0.4, -0.2) is 39.8 Å². The van der Waals surface area contributed by atoms with Gasteiger partial charge in [-0.3, -0.25) is 9.59 Å². The fraction of sp³-hybridized carbons (Fsp3) is 0.381.